The molecule has 37 heavy (non-hydrogen) atoms. The van der Waals surface area contributed by atoms with Crippen LogP contribution in [-0.2, 0) is 9.59 Å². The quantitative estimate of drug-likeness (QED) is 0.304. The second-order valence-corrected chi connectivity index (χ2v) is 10.8. The number of nitrogens with zero attached hydrogens (tertiary/aromatic N) is 5. The van der Waals surface area contributed by atoms with Crippen molar-refractivity contribution in [2.45, 2.75) is 30.6 Å². The van der Waals surface area contributed by atoms with Crippen molar-refractivity contribution in [2.24, 2.45) is 0 Å². The molecule has 2 aromatic heterocycles. The molecule has 3 aliphatic heterocycles. The van der Waals surface area contributed by atoms with Gasteiger partial charge in [-0.15, -0.1) is 11.8 Å². The molecule has 1 saturated carbocycles. The molecule has 3 fully saturated rings. The van der Waals surface area contributed by atoms with E-state index in [-0.39, 0.29) is 23.5 Å². The Morgan fingerprint density at radius 2 is 2.03 bits per heavy atom. The lowest BCUT2D eigenvalue weighted by molar-refractivity contribution is -0.128. The maximum atomic E-state index is 13.2. The fraction of sp³-hybridized carbons (Fsp3) is 0.458. The number of rotatable bonds is 7. The van der Waals surface area contributed by atoms with Gasteiger partial charge in [-0.05, 0) is 25.3 Å². The Balaban J connectivity index is 1.23. The van der Waals surface area contributed by atoms with Gasteiger partial charge in [-0.2, -0.15) is 9.61 Å². The zero-order chi connectivity index (χ0) is 25.5. The summed E-state index contributed by atoms with van der Waals surface area (Å²) in [6.45, 7) is 3.60. The topological polar surface area (TPSA) is 144 Å². The number of anilines is 1. The summed E-state index contributed by atoms with van der Waals surface area (Å²) in [5, 5.41) is 21.8. The number of piperazine rings is 1. The minimum absolute atomic E-state index is 0.0238. The molecule has 2 saturated heterocycles. The summed E-state index contributed by atoms with van der Waals surface area (Å²) in [7, 11) is 0. The fourth-order valence-electron chi connectivity index (χ4n) is 4.70. The van der Waals surface area contributed by atoms with Gasteiger partial charge < -0.3 is 20.6 Å². The number of aliphatic hydroxyl groups is 1. The van der Waals surface area contributed by atoms with Gasteiger partial charge in [0.2, 0.25) is 0 Å². The second-order valence-electron chi connectivity index (χ2n) is 9.55. The molecule has 2 aromatic rings. The van der Waals surface area contributed by atoms with Gasteiger partial charge in [0.15, 0.2) is 5.65 Å². The van der Waals surface area contributed by atoms with E-state index in [4.69, 9.17) is 10.1 Å². The number of β-amino-alcohol motifs (C(OH)–C–C–N with tert-alkyl or cyclic N) is 1. The van der Waals surface area contributed by atoms with Crippen molar-refractivity contribution in [3.63, 3.8) is 0 Å². The van der Waals surface area contributed by atoms with Crippen LogP contribution in [0, 0.1) is 0 Å². The van der Waals surface area contributed by atoms with E-state index < -0.39 is 11.9 Å². The van der Waals surface area contributed by atoms with Gasteiger partial charge >= 0.3 is 6.03 Å². The molecular weight excluding hydrogens is 496 g/mol. The number of thioether (sulfide) groups is 1. The average molecular weight is 525 g/mol. The third kappa shape index (κ3) is 4.93. The van der Waals surface area contributed by atoms with Crippen LogP contribution in [0.1, 0.15) is 35.8 Å². The Morgan fingerprint density at radius 1 is 1.22 bits per heavy atom. The molecule has 12 nitrogen and oxygen atoms in total. The van der Waals surface area contributed by atoms with E-state index in [0.29, 0.717) is 43.3 Å². The fourth-order valence-corrected chi connectivity index (χ4v) is 5.86. The zero-order valence-electron chi connectivity index (χ0n) is 20.1. The second kappa shape index (κ2) is 9.80. The molecule has 0 radical (unpaired) electrons. The summed E-state index contributed by atoms with van der Waals surface area (Å²) < 4.78 is 1.72. The van der Waals surface area contributed by atoms with Gasteiger partial charge in [-0.25, -0.2) is 9.78 Å². The first kappa shape index (κ1) is 23.9. The molecule has 4 aliphatic rings. The molecule has 1 unspecified atom stereocenters. The van der Waals surface area contributed by atoms with Crippen LogP contribution in [0.2, 0.25) is 0 Å². The van der Waals surface area contributed by atoms with E-state index in [9.17, 15) is 14.4 Å². The molecule has 1 aliphatic carbocycles. The number of allylic oxidation sites excluding steroid dienone is 1. The largest absolute Gasteiger partial charge is 0.395 e. The van der Waals surface area contributed by atoms with Crippen molar-refractivity contribution in [3.8, 4) is 0 Å². The van der Waals surface area contributed by atoms with E-state index in [0.717, 1.165) is 42.3 Å². The van der Waals surface area contributed by atoms with Crippen LogP contribution in [-0.4, -0.2) is 92.7 Å². The van der Waals surface area contributed by atoms with E-state index in [1.54, 1.807) is 16.8 Å². The minimum atomic E-state index is -0.558. The van der Waals surface area contributed by atoms with Crippen molar-refractivity contribution < 1.29 is 19.5 Å². The predicted molar refractivity (Wildman–Crippen MR) is 137 cm³/mol. The maximum absolute atomic E-state index is 13.2. The molecule has 0 spiro atoms. The third-order valence-corrected chi connectivity index (χ3v) is 8.18. The van der Waals surface area contributed by atoms with Gasteiger partial charge in [0.1, 0.15) is 11.5 Å². The monoisotopic (exact) mass is 524 g/mol. The van der Waals surface area contributed by atoms with Gasteiger partial charge in [0, 0.05) is 50.4 Å². The summed E-state index contributed by atoms with van der Waals surface area (Å²) >= 11 is 1.53. The van der Waals surface area contributed by atoms with E-state index in [2.05, 4.69) is 25.9 Å². The number of amides is 4. The van der Waals surface area contributed by atoms with E-state index in [1.807, 2.05) is 17.0 Å². The highest BCUT2D eigenvalue weighted by Gasteiger charge is 2.31. The first-order valence-corrected chi connectivity index (χ1v) is 13.3. The molecule has 6 rings (SSSR count). The van der Waals surface area contributed by atoms with Gasteiger partial charge in [0.25, 0.3) is 11.8 Å². The van der Waals surface area contributed by atoms with E-state index >= 15 is 0 Å². The number of aliphatic hydroxyl groups excluding tert-OH is 1. The number of urea groups is 1. The molecule has 1 atom stereocenters. The molecule has 4 amide bonds. The third-order valence-electron chi connectivity index (χ3n) is 6.87. The molecule has 0 aromatic carbocycles. The van der Waals surface area contributed by atoms with Crippen LogP contribution >= 0.6 is 11.8 Å². The number of hydrogen-bond acceptors (Lipinski definition) is 9. The summed E-state index contributed by atoms with van der Waals surface area (Å²) in [6.07, 6.45) is 8.06. The molecule has 4 N–H and O–H groups in total. The minimum Gasteiger partial charge on any atom is -0.395 e. The number of fused-ring (bicyclic) bond motifs is 1. The van der Waals surface area contributed by atoms with Gasteiger partial charge in [-0.1, -0.05) is 6.08 Å². The Morgan fingerprint density at radius 3 is 2.73 bits per heavy atom. The summed E-state index contributed by atoms with van der Waals surface area (Å²) in [5.41, 5.74) is 2.16. The van der Waals surface area contributed by atoms with Crippen molar-refractivity contribution in [1.82, 2.24) is 35.0 Å². The highest BCUT2D eigenvalue weighted by atomic mass is 32.2. The number of carbonyl (C=O) groups is 3. The maximum Gasteiger partial charge on any atom is 0.326 e. The molecule has 5 heterocycles. The van der Waals surface area contributed by atoms with Crippen LogP contribution in [0.5, 0.6) is 0 Å². The number of aromatic nitrogens is 3. The molecule has 0 bridgehead atoms. The molecule has 13 heteroatoms. The smallest absolute Gasteiger partial charge is 0.326 e. The zero-order valence-corrected chi connectivity index (χ0v) is 21.0. The van der Waals surface area contributed by atoms with Gasteiger partial charge in [-0.3, -0.25) is 19.8 Å². The molecular formula is C24H28N8O4S. The van der Waals surface area contributed by atoms with Crippen LogP contribution in [0.25, 0.3) is 11.7 Å². The normalized spacial score (nSPS) is 23.5. The van der Waals surface area contributed by atoms with Gasteiger partial charge in [0.05, 0.1) is 28.7 Å². The van der Waals surface area contributed by atoms with Crippen molar-refractivity contribution in [3.05, 3.63) is 40.2 Å². The number of carbonyl (C=O) groups excluding carboxylic acids is 3. The number of hydrogen-bond donors (Lipinski definition) is 4. The Kier molecular flexibility index (Phi) is 6.34. The van der Waals surface area contributed by atoms with Crippen molar-refractivity contribution >= 4 is 47.1 Å². The number of imide groups is 1. The summed E-state index contributed by atoms with van der Waals surface area (Å²) in [4.78, 5) is 46.4. The first-order chi connectivity index (χ1) is 18.0. The van der Waals surface area contributed by atoms with Crippen LogP contribution in [0.4, 0.5) is 10.6 Å². The van der Waals surface area contributed by atoms with Crippen molar-refractivity contribution in [1.29, 1.82) is 0 Å². The predicted octanol–water partition coefficient (Wildman–Crippen LogP) is 0.682. The summed E-state index contributed by atoms with van der Waals surface area (Å²) in [5.74, 6) is 0.367. The first-order valence-electron chi connectivity index (χ1n) is 12.5. The Bertz CT molecular complexity index is 1330. The van der Waals surface area contributed by atoms with Crippen LogP contribution in [0.15, 0.2) is 28.9 Å². The lowest BCUT2D eigenvalue weighted by atomic mass is 10.2. The van der Waals surface area contributed by atoms with Crippen LogP contribution < -0.4 is 16.0 Å². The lowest BCUT2D eigenvalue weighted by Crippen LogP contribution is -2.49. The molecule has 194 valence electrons. The Labute approximate surface area is 217 Å². The van der Waals surface area contributed by atoms with Crippen LogP contribution in [0.3, 0.4) is 0 Å². The Hall–Kier alpha value is -3.42. The van der Waals surface area contributed by atoms with E-state index in [1.165, 1.54) is 11.8 Å². The SMILES string of the molecule is O=C1NC(=O)/C(=C/c2cnn3c(NC4CC4)cc(C4CC=C(C(=O)N5CCN(CCO)CC5)S4)nc23)N1. The van der Waals surface area contributed by atoms with Crippen molar-refractivity contribution in [2.75, 3.05) is 44.6 Å². The highest BCUT2D eigenvalue weighted by Crippen LogP contribution is 2.44. The standard InChI is InChI=1S/C24H28N8O4S/c33-10-9-30-5-7-31(8-6-30)23(35)19-4-3-18(37-19)16-12-20(26-15-1-2-15)32-21(27-16)14(13-25-32)11-17-22(34)29-24(36)28-17/h4,11-13,15,18,26,33H,1-3,5-10H2,(H2,28,29,34,36)/b17-11-. The average Bonchev–Trinajstić information content (AvgIpc) is 3.26. The number of nitrogens with one attached hydrogen (secondary N) is 3. The summed E-state index contributed by atoms with van der Waals surface area (Å²) in [6, 6.07) is 1.82. The highest BCUT2D eigenvalue weighted by molar-refractivity contribution is 8.04. The lowest BCUT2D eigenvalue weighted by Gasteiger charge is -2.34.